The quantitative estimate of drug-likeness (QED) is 0.730. The van der Waals surface area contributed by atoms with Gasteiger partial charge in [0, 0.05) is 16.5 Å². The molecule has 0 N–H and O–H groups in total. The number of carbonyl (C=O) groups is 1. The molecule has 0 aromatic carbocycles. The molecule has 1 nitrogen and oxygen atoms in total. The molecule has 5 heteroatoms. The minimum Gasteiger partial charge on any atom is -0.294 e. The van der Waals surface area contributed by atoms with Gasteiger partial charge in [0.05, 0.1) is 5.92 Å². The zero-order chi connectivity index (χ0) is 12.5. The molecule has 90 valence electrons. The van der Waals surface area contributed by atoms with Crippen LogP contribution in [0, 0.1) is 11.8 Å². The molecule has 1 atom stereocenters. The van der Waals surface area contributed by atoms with E-state index in [0.717, 1.165) is 0 Å². The van der Waals surface area contributed by atoms with Gasteiger partial charge < -0.3 is 0 Å². The van der Waals surface area contributed by atoms with Gasteiger partial charge in [0.15, 0.2) is 5.78 Å². The van der Waals surface area contributed by atoms with Crippen LogP contribution in [-0.4, -0.2) is 12.0 Å². The Bertz CT molecular complexity index is 353. The van der Waals surface area contributed by atoms with E-state index in [1.54, 1.807) is 13.8 Å². The Kier molecular flexibility index (Phi) is 3.84. The molecule has 0 fully saturated rings. The average Bonchev–Trinajstić information content (AvgIpc) is 2.15. The van der Waals surface area contributed by atoms with E-state index < -0.39 is 23.8 Å². The van der Waals surface area contributed by atoms with Crippen LogP contribution in [0.3, 0.4) is 0 Å². The first-order valence-corrected chi connectivity index (χ1v) is 5.28. The second-order valence-corrected chi connectivity index (χ2v) is 4.54. The maximum Gasteiger partial charge on any atom is 0.396 e. The zero-order valence-electron chi connectivity index (χ0n) is 8.94. The normalized spacial score (nSPS) is 21.8. The fraction of sp³-hybridized carbons (Fsp3) is 0.545. The molecule has 1 aliphatic rings. The standard InChI is InChI=1S/C11H12ClF3O/c1-6(2)10(16)8-4-3-7(12)5-9(8)11(13,14)15/h3-4,6,9H,5H2,1-2H3. The third-order valence-electron chi connectivity index (χ3n) is 2.42. The monoisotopic (exact) mass is 252 g/mol. The van der Waals surface area contributed by atoms with Gasteiger partial charge in [-0.2, -0.15) is 13.2 Å². The fourth-order valence-electron chi connectivity index (χ4n) is 1.55. The number of halogens is 4. The first-order valence-electron chi connectivity index (χ1n) is 4.90. The molecular weight excluding hydrogens is 241 g/mol. The number of ketones is 1. The molecule has 0 spiro atoms. The third-order valence-corrected chi connectivity index (χ3v) is 2.70. The van der Waals surface area contributed by atoms with E-state index in [9.17, 15) is 18.0 Å². The summed E-state index contributed by atoms with van der Waals surface area (Å²) in [5.41, 5.74) is -0.188. The molecule has 0 bridgehead atoms. The summed E-state index contributed by atoms with van der Waals surface area (Å²) >= 11 is 5.57. The number of hydrogen-bond acceptors (Lipinski definition) is 1. The molecule has 0 saturated heterocycles. The molecule has 0 saturated carbocycles. The van der Waals surface area contributed by atoms with Gasteiger partial charge in [-0.1, -0.05) is 31.5 Å². The number of allylic oxidation sites excluding steroid dienone is 4. The van der Waals surface area contributed by atoms with Gasteiger partial charge in [-0.15, -0.1) is 0 Å². The van der Waals surface area contributed by atoms with E-state index >= 15 is 0 Å². The van der Waals surface area contributed by atoms with Crippen LogP contribution in [-0.2, 0) is 4.79 Å². The van der Waals surface area contributed by atoms with E-state index in [0.29, 0.717) is 0 Å². The smallest absolute Gasteiger partial charge is 0.294 e. The van der Waals surface area contributed by atoms with Crippen molar-refractivity contribution in [2.24, 2.45) is 11.8 Å². The summed E-state index contributed by atoms with van der Waals surface area (Å²) in [6.07, 6.45) is -2.22. The van der Waals surface area contributed by atoms with Crippen molar-refractivity contribution in [1.82, 2.24) is 0 Å². The number of hydrogen-bond donors (Lipinski definition) is 0. The van der Waals surface area contributed by atoms with Crippen molar-refractivity contribution in [1.29, 1.82) is 0 Å². The van der Waals surface area contributed by atoms with Crippen LogP contribution in [0.25, 0.3) is 0 Å². The van der Waals surface area contributed by atoms with Crippen molar-refractivity contribution in [3.63, 3.8) is 0 Å². The van der Waals surface area contributed by atoms with Crippen LogP contribution < -0.4 is 0 Å². The largest absolute Gasteiger partial charge is 0.396 e. The topological polar surface area (TPSA) is 17.1 Å². The number of Topliss-reactive ketones (excluding diaryl/α,β-unsaturated/α-hetero) is 1. The Hall–Kier alpha value is -0.770. The van der Waals surface area contributed by atoms with Crippen LogP contribution in [0.1, 0.15) is 20.3 Å². The molecule has 1 aliphatic carbocycles. The number of rotatable bonds is 2. The predicted octanol–water partition coefficient (Wildman–Crippen LogP) is 3.84. The zero-order valence-corrected chi connectivity index (χ0v) is 9.69. The van der Waals surface area contributed by atoms with E-state index in [2.05, 4.69) is 0 Å². The van der Waals surface area contributed by atoms with Gasteiger partial charge in [0.2, 0.25) is 0 Å². The highest BCUT2D eigenvalue weighted by Crippen LogP contribution is 2.40. The van der Waals surface area contributed by atoms with Gasteiger partial charge in [-0.3, -0.25) is 4.79 Å². The number of alkyl halides is 3. The van der Waals surface area contributed by atoms with Gasteiger partial charge in [-0.25, -0.2) is 0 Å². The lowest BCUT2D eigenvalue weighted by molar-refractivity contribution is -0.166. The summed E-state index contributed by atoms with van der Waals surface area (Å²) in [5.74, 6) is -2.68. The minimum atomic E-state index is -4.43. The van der Waals surface area contributed by atoms with E-state index in [4.69, 9.17) is 11.6 Å². The molecule has 0 heterocycles. The van der Waals surface area contributed by atoms with Gasteiger partial charge in [0.1, 0.15) is 0 Å². The Labute approximate surface area is 97.0 Å². The molecule has 0 aromatic rings. The van der Waals surface area contributed by atoms with Gasteiger partial charge in [-0.05, 0) is 12.5 Å². The Morgan fingerprint density at radius 2 is 2.00 bits per heavy atom. The van der Waals surface area contributed by atoms with Crippen molar-refractivity contribution >= 4 is 17.4 Å². The number of carbonyl (C=O) groups excluding carboxylic acids is 1. The summed E-state index contributed by atoms with van der Waals surface area (Å²) in [7, 11) is 0. The van der Waals surface area contributed by atoms with Crippen LogP contribution in [0.2, 0.25) is 0 Å². The average molecular weight is 253 g/mol. The predicted molar refractivity (Wildman–Crippen MR) is 56.0 cm³/mol. The molecule has 16 heavy (non-hydrogen) atoms. The van der Waals surface area contributed by atoms with Gasteiger partial charge in [0.25, 0.3) is 0 Å². The summed E-state index contributed by atoms with van der Waals surface area (Å²) in [6, 6.07) is 0. The van der Waals surface area contributed by atoms with Crippen molar-refractivity contribution in [3.05, 3.63) is 22.8 Å². The van der Waals surface area contributed by atoms with Crippen LogP contribution in [0.4, 0.5) is 13.2 Å². The molecule has 0 aromatic heterocycles. The summed E-state index contributed by atoms with van der Waals surface area (Å²) in [5, 5.41) is 0.127. The highest BCUT2D eigenvalue weighted by molar-refractivity contribution is 6.30. The Morgan fingerprint density at radius 3 is 2.44 bits per heavy atom. The molecular formula is C11H12ClF3O. The molecule has 0 aliphatic heterocycles. The summed E-state index contributed by atoms with van der Waals surface area (Å²) in [6.45, 7) is 3.16. The Morgan fingerprint density at radius 1 is 1.44 bits per heavy atom. The van der Waals surface area contributed by atoms with Crippen LogP contribution in [0.15, 0.2) is 22.8 Å². The maximum absolute atomic E-state index is 12.7. The van der Waals surface area contributed by atoms with Crippen molar-refractivity contribution in [2.45, 2.75) is 26.4 Å². The van der Waals surface area contributed by atoms with Crippen LogP contribution >= 0.6 is 11.6 Å². The van der Waals surface area contributed by atoms with Crippen LogP contribution in [0.5, 0.6) is 0 Å². The highest BCUT2D eigenvalue weighted by Gasteiger charge is 2.45. The molecule has 0 amide bonds. The minimum absolute atomic E-state index is 0.127. The Balaban J connectivity index is 3.06. The van der Waals surface area contributed by atoms with Crippen molar-refractivity contribution < 1.29 is 18.0 Å². The lowest BCUT2D eigenvalue weighted by Crippen LogP contribution is -2.31. The first-order chi connectivity index (χ1) is 7.23. The van der Waals surface area contributed by atoms with E-state index in [-0.39, 0.29) is 17.0 Å². The lowest BCUT2D eigenvalue weighted by atomic mass is 9.84. The lowest BCUT2D eigenvalue weighted by Gasteiger charge is -2.25. The second-order valence-electron chi connectivity index (χ2n) is 4.05. The highest BCUT2D eigenvalue weighted by atomic mass is 35.5. The molecule has 0 radical (unpaired) electrons. The first kappa shape index (κ1) is 13.3. The van der Waals surface area contributed by atoms with E-state index in [1.165, 1.54) is 12.2 Å². The van der Waals surface area contributed by atoms with Crippen molar-refractivity contribution in [3.8, 4) is 0 Å². The second kappa shape index (κ2) is 4.62. The van der Waals surface area contributed by atoms with E-state index in [1.807, 2.05) is 0 Å². The molecule has 1 rings (SSSR count). The fourth-order valence-corrected chi connectivity index (χ4v) is 1.77. The molecule has 1 unspecified atom stereocenters. The third kappa shape index (κ3) is 2.88. The maximum atomic E-state index is 12.7. The van der Waals surface area contributed by atoms with Crippen molar-refractivity contribution in [2.75, 3.05) is 0 Å². The SMILES string of the molecule is CC(C)C(=O)C1=CC=C(Cl)CC1C(F)(F)F. The summed E-state index contributed by atoms with van der Waals surface area (Å²) in [4.78, 5) is 11.6. The van der Waals surface area contributed by atoms with Gasteiger partial charge >= 0.3 is 6.18 Å². The summed E-state index contributed by atoms with van der Waals surface area (Å²) < 4.78 is 38.1.